The summed E-state index contributed by atoms with van der Waals surface area (Å²) in [6.45, 7) is 0. The van der Waals surface area contributed by atoms with Crippen LogP contribution < -0.4 is 10.5 Å². The van der Waals surface area contributed by atoms with Crippen LogP contribution in [0.15, 0.2) is 23.1 Å². The minimum atomic E-state index is -4.01. The molecule has 0 heterocycles. The standard InChI is InChI=1S/C12H16F2N2O2S/c13-8-5-6-12(9(14)7-8)19(17,18)16-11-4-2-1-3-10(11)15/h5-7,10-11,16H,1-4,15H2. The molecule has 7 heteroatoms. The Kier molecular flexibility index (Phi) is 4.17. The van der Waals surface area contributed by atoms with Gasteiger partial charge < -0.3 is 5.73 Å². The molecule has 1 aromatic carbocycles. The van der Waals surface area contributed by atoms with Crippen LogP contribution in [0.2, 0.25) is 0 Å². The largest absolute Gasteiger partial charge is 0.326 e. The summed E-state index contributed by atoms with van der Waals surface area (Å²) in [6, 6.07) is 1.71. The van der Waals surface area contributed by atoms with Crippen molar-refractivity contribution < 1.29 is 17.2 Å². The Bertz CT molecular complexity index is 563. The summed E-state index contributed by atoms with van der Waals surface area (Å²) in [4.78, 5) is -0.549. The molecule has 1 fully saturated rings. The van der Waals surface area contributed by atoms with E-state index in [0.717, 1.165) is 31.4 Å². The Morgan fingerprint density at radius 2 is 1.89 bits per heavy atom. The van der Waals surface area contributed by atoms with Crippen molar-refractivity contribution >= 4 is 10.0 Å². The SMILES string of the molecule is NC1CCCCC1NS(=O)(=O)c1ccc(F)cc1F. The molecule has 4 nitrogen and oxygen atoms in total. The fraction of sp³-hybridized carbons (Fsp3) is 0.500. The molecule has 3 N–H and O–H groups in total. The van der Waals surface area contributed by atoms with Crippen molar-refractivity contribution in [2.45, 2.75) is 42.7 Å². The van der Waals surface area contributed by atoms with Gasteiger partial charge in [-0.2, -0.15) is 0 Å². The highest BCUT2D eigenvalue weighted by Gasteiger charge is 2.28. The van der Waals surface area contributed by atoms with Gasteiger partial charge in [-0.3, -0.25) is 0 Å². The van der Waals surface area contributed by atoms with Crippen LogP contribution in [0.1, 0.15) is 25.7 Å². The van der Waals surface area contributed by atoms with E-state index in [1.54, 1.807) is 0 Å². The van der Waals surface area contributed by atoms with Crippen molar-refractivity contribution in [2.75, 3.05) is 0 Å². The van der Waals surface area contributed by atoms with Crippen LogP contribution in [-0.4, -0.2) is 20.5 Å². The minimum Gasteiger partial charge on any atom is -0.326 e. The molecule has 0 radical (unpaired) electrons. The van der Waals surface area contributed by atoms with Crippen LogP contribution in [0.5, 0.6) is 0 Å². The molecule has 0 aromatic heterocycles. The number of hydrogen-bond donors (Lipinski definition) is 2. The molecular formula is C12H16F2N2O2S. The van der Waals surface area contributed by atoms with Gasteiger partial charge in [-0.1, -0.05) is 12.8 Å². The van der Waals surface area contributed by atoms with Gasteiger partial charge in [0.15, 0.2) is 0 Å². The quantitative estimate of drug-likeness (QED) is 0.886. The third-order valence-corrected chi connectivity index (χ3v) is 4.83. The fourth-order valence-electron chi connectivity index (χ4n) is 2.26. The lowest BCUT2D eigenvalue weighted by molar-refractivity contribution is 0.360. The van der Waals surface area contributed by atoms with E-state index in [1.165, 1.54) is 0 Å². The van der Waals surface area contributed by atoms with Gasteiger partial charge in [0.1, 0.15) is 16.5 Å². The van der Waals surface area contributed by atoms with E-state index in [2.05, 4.69) is 4.72 Å². The van der Waals surface area contributed by atoms with Crippen molar-refractivity contribution in [2.24, 2.45) is 5.73 Å². The molecule has 1 saturated carbocycles. The van der Waals surface area contributed by atoms with E-state index in [-0.39, 0.29) is 6.04 Å². The third kappa shape index (κ3) is 3.29. The van der Waals surface area contributed by atoms with Gasteiger partial charge in [-0.05, 0) is 25.0 Å². The smallest absolute Gasteiger partial charge is 0.243 e. The van der Waals surface area contributed by atoms with Crippen molar-refractivity contribution in [1.82, 2.24) is 4.72 Å². The number of benzene rings is 1. The van der Waals surface area contributed by atoms with Crippen LogP contribution >= 0.6 is 0 Å². The van der Waals surface area contributed by atoms with Crippen molar-refractivity contribution in [1.29, 1.82) is 0 Å². The topological polar surface area (TPSA) is 72.2 Å². The first-order valence-electron chi connectivity index (χ1n) is 6.13. The second-order valence-electron chi connectivity index (χ2n) is 4.75. The van der Waals surface area contributed by atoms with E-state index in [0.29, 0.717) is 12.5 Å². The lowest BCUT2D eigenvalue weighted by Crippen LogP contribution is -2.49. The Labute approximate surface area is 111 Å². The third-order valence-electron chi connectivity index (χ3n) is 3.31. The van der Waals surface area contributed by atoms with Crippen LogP contribution in [0.3, 0.4) is 0 Å². The van der Waals surface area contributed by atoms with Crippen molar-refractivity contribution in [3.8, 4) is 0 Å². The highest BCUT2D eigenvalue weighted by molar-refractivity contribution is 7.89. The maximum atomic E-state index is 13.5. The van der Waals surface area contributed by atoms with Crippen LogP contribution in [-0.2, 0) is 10.0 Å². The summed E-state index contributed by atoms with van der Waals surface area (Å²) in [7, 11) is -4.01. The summed E-state index contributed by atoms with van der Waals surface area (Å²) in [5, 5.41) is 0. The van der Waals surface area contributed by atoms with E-state index >= 15 is 0 Å². The average Bonchev–Trinajstić information content (AvgIpc) is 2.31. The van der Waals surface area contributed by atoms with Gasteiger partial charge in [0.05, 0.1) is 0 Å². The molecule has 0 amide bonds. The lowest BCUT2D eigenvalue weighted by Gasteiger charge is -2.29. The van der Waals surface area contributed by atoms with Crippen LogP contribution in [0, 0.1) is 11.6 Å². The zero-order chi connectivity index (χ0) is 14.0. The number of nitrogens with two attached hydrogens (primary N) is 1. The average molecular weight is 290 g/mol. The minimum absolute atomic E-state index is 0.271. The van der Waals surface area contributed by atoms with Gasteiger partial charge in [-0.25, -0.2) is 21.9 Å². The summed E-state index contributed by atoms with van der Waals surface area (Å²) >= 11 is 0. The molecule has 1 aromatic rings. The summed E-state index contributed by atoms with van der Waals surface area (Å²) < 4.78 is 52.8. The van der Waals surface area contributed by atoms with Crippen molar-refractivity contribution in [3.05, 3.63) is 29.8 Å². The molecule has 2 unspecified atom stereocenters. The molecule has 19 heavy (non-hydrogen) atoms. The Hall–Kier alpha value is -1.05. The number of halogens is 2. The van der Waals surface area contributed by atoms with E-state index in [9.17, 15) is 17.2 Å². The second-order valence-corrected chi connectivity index (χ2v) is 6.43. The van der Waals surface area contributed by atoms with Gasteiger partial charge in [0.2, 0.25) is 10.0 Å². The number of sulfonamides is 1. The second kappa shape index (κ2) is 5.52. The van der Waals surface area contributed by atoms with E-state index < -0.39 is 32.6 Å². The van der Waals surface area contributed by atoms with Gasteiger partial charge in [-0.15, -0.1) is 0 Å². The van der Waals surface area contributed by atoms with Gasteiger partial charge >= 0.3 is 0 Å². The first-order valence-corrected chi connectivity index (χ1v) is 7.61. The van der Waals surface area contributed by atoms with Gasteiger partial charge in [0.25, 0.3) is 0 Å². The summed E-state index contributed by atoms with van der Waals surface area (Å²) in [5.41, 5.74) is 5.85. The maximum absolute atomic E-state index is 13.5. The molecule has 0 aliphatic heterocycles. The van der Waals surface area contributed by atoms with Crippen LogP contribution in [0.4, 0.5) is 8.78 Å². The molecule has 2 atom stereocenters. The lowest BCUT2D eigenvalue weighted by atomic mass is 9.92. The molecule has 0 bridgehead atoms. The fourth-order valence-corrected chi connectivity index (χ4v) is 3.64. The molecule has 0 saturated heterocycles. The number of rotatable bonds is 3. The molecular weight excluding hydrogens is 274 g/mol. The molecule has 106 valence electrons. The maximum Gasteiger partial charge on any atom is 0.243 e. The molecule has 1 aliphatic rings. The predicted molar refractivity (Wildman–Crippen MR) is 66.9 cm³/mol. The van der Waals surface area contributed by atoms with Crippen molar-refractivity contribution in [3.63, 3.8) is 0 Å². The zero-order valence-corrected chi connectivity index (χ0v) is 11.1. The van der Waals surface area contributed by atoms with Crippen LogP contribution in [0.25, 0.3) is 0 Å². The highest BCUT2D eigenvalue weighted by Crippen LogP contribution is 2.21. The Morgan fingerprint density at radius 3 is 2.53 bits per heavy atom. The molecule has 0 spiro atoms. The highest BCUT2D eigenvalue weighted by atomic mass is 32.2. The first kappa shape index (κ1) is 14.4. The number of hydrogen-bond acceptors (Lipinski definition) is 3. The molecule has 2 rings (SSSR count). The van der Waals surface area contributed by atoms with E-state index in [4.69, 9.17) is 5.73 Å². The Morgan fingerprint density at radius 1 is 1.21 bits per heavy atom. The summed E-state index contributed by atoms with van der Waals surface area (Å²) in [6.07, 6.45) is 3.21. The monoisotopic (exact) mass is 290 g/mol. The zero-order valence-electron chi connectivity index (χ0n) is 10.3. The molecule has 1 aliphatic carbocycles. The normalized spacial score (nSPS) is 24.4. The first-order chi connectivity index (χ1) is 8.90. The number of nitrogens with one attached hydrogen (secondary N) is 1. The van der Waals surface area contributed by atoms with Gasteiger partial charge in [0, 0.05) is 18.2 Å². The Balaban J connectivity index is 2.22. The van der Waals surface area contributed by atoms with E-state index in [1.807, 2.05) is 0 Å². The predicted octanol–water partition coefficient (Wildman–Crippen LogP) is 1.51. The summed E-state index contributed by atoms with van der Waals surface area (Å²) in [5.74, 6) is -1.91.